The van der Waals surface area contributed by atoms with Crippen molar-refractivity contribution in [1.29, 1.82) is 0 Å². The van der Waals surface area contributed by atoms with Gasteiger partial charge in [0.15, 0.2) is 5.82 Å². The molecule has 1 atom stereocenters. The monoisotopic (exact) mass is 418 g/mol. The minimum absolute atomic E-state index is 0.0609. The first kappa shape index (κ1) is 20.6. The van der Waals surface area contributed by atoms with E-state index in [0.717, 1.165) is 29.7 Å². The average molecular weight is 419 g/mol. The fraction of sp³-hybridized carbons (Fsp3) is 0.471. The molecule has 0 saturated carbocycles. The summed E-state index contributed by atoms with van der Waals surface area (Å²) in [7, 11) is 0. The quantitative estimate of drug-likeness (QED) is 0.802. The number of aromatic nitrogens is 3. The number of alkyl halides is 3. The number of hydrogen-bond acceptors (Lipinski definition) is 6. The van der Waals surface area contributed by atoms with Crippen molar-refractivity contribution < 1.29 is 23.0 Å². The molecule has 2 aromatic rings. The first-order chi connectivity index (χ1) is 13.3. The van der Waals surface area contributed by atoms with E-state index in [0.29, 0.717) is 25.0 Å². The van der Waals surface area contributed by atoms with E-state index in [1.165, 1.54) is 6.20 Å². The Bertz CT molecular complexity index is 873. The summed E-state index contributed by atoms with van der Waals surface area (Å²) in [6.07, 6.45) is -0.953. The number of halogens is 4. The molecule has 0 aromatic carbocycles. The molecule has 0 aliphatic carbocycles. The highest BCUT2D eigenvalue weighted by molar-refractivity contribution is 6.33. The number of nitrogens with zero attached hydrogens (tertiary/aromatic N) is 4. The van der Waals surface area contributed by atoms with Crippen molar-refractivity contribution in [2.24, 2.45) is 0 Å². The SMILES string of the molecule is O=c1c(Cl)c(N2CCCC(OCCO)C2)cnn1-c1ccc(C(F)(F)F)cn1. The van der Waals surface area contributed by atoms with Crippen LogP contribution in [0.2, 0.25) is 5.02 Å². The highest BCUT2D eigenvalue weighted by Gasteiger charge is 2.31. The van der Waals surface area contributed by atoms with Gasteiger partial charge in [-0.25, -0.2) is 4.98 Å². The van der Waals surface area contributed by atoms with Gasteiger partial charge in [-0.15, -0.1) is 0 Å². The van der Waals surface area contributed by atoms with Gasteiger partial charge in [-0.3, -0.25) is 4.79 Å². The summed E-state index contributed by atoms with van der Waals surface area (Å²) < 4.78 is 44.4. The summed E-state index contributed by atoms with van der Waals surface area (Å²) in [6.45, 7) is 1.30. The summed E-state index contributed by atoms with van der Waals surface area (Å²) in [4.78, 5) is 18.1. The first-order valence-electron chi connectivity index (χ1n) is 8.60. The lowest BCUT2D eigenvalue weighted by molar-refractivity contribution is -0.137. The van der Waals surface area contributed by atoms with Gasteiger partial charge in [0.25, 0.3) is 5.56 Å². The topological polar surface area (TPSA) is 80.5 Å². The summed E-state index contributed by atoms with van der Waals surface area (Å²) in [6, 6.07) is 1.89. The van der Waals surface area contributed by atoms with Crippen molar-refractivity contribution in [1.82, 2.24) is 14.8 Å². The van der Waals surface area contributed by atoms with Crippen molar-refractivity contribution >= 4 is 17.3 Å². The van der Waals surface area contributed by atoms with E-state index in [9.17, 15) is 18.0 Å². The van der Waals surface area contributed by atoms with Crippen LogP contribution in [0.1, 0.15) is 18.4 Å². The molecule has 3 heterocycles. The van der Waals surface area contributed by atoms with Gasteiger partial charge >= 0.3 is 6.18 Å². The van der Waals surface area contributed by atoms with Gasteiger partial charge in [0.05, 0.1) is 36.8 Å². The second-order valence-electron chi connectivity index (χ2n) is 6.27. The molecule has 1 unspecified atom stereocenters. The molecular weight excluding hydrogens is 401 g/mol. The van der Waals surface area contributed by atoms with E-state index in [1.54, 1.807) is 0 Å². The Morgan fingerprint density at radius 3 is 2.75 bits per heavy atom. The molecule has 11 heteroatoms. The van der Waals surface area contributed by atoms with Crippen LogP contribution in [0.5, 0.6) is 0 Å². The van der Waals surface area contributed by atoms with E-state index in [-0.39, 0.29) is 30.2 Å². The zero-order chi connectivity index (χ0) is 20.3. The second-order valence-corrected chi connectivity index (χ2v) is 6.65. The Kier molecular flexibility index (Phi) is 6.21. The van der Waals surface area contributed by atoms with Gasteiger partial charge in [0.2, 0.25) is 0 Å². The molecular formula is C17H18ClF3N4O3. The van der Waals surface area contributed by atoms with Gasteiger partial charge in [0, 0.05) is 19.3 Å². The van der Waals surface area contributed by atoms with Crippen LogP contribution in [0.15, 0.2) is 29.3 Å². The maximum Gasteiger partial charge on any atom is 0.417 e. The Balaban J connectivity index is 1.84. The van der Waals surface area contributed by atoms with Gasteiger partial charge in [-0.1, -0.05) is 11.6 Å². The molecule has 0 radical (unpaired) electrons. The Labute approximate surface area is 163 Å². The predicted molar refractivity (Wildman–Crippen MR) is 95.9 cm³/mol. The van der Waals surface area contributed by atoms with Crippen molar-refractivity contribution in [3.63, 3.8) is 0 Å². The number of ether oxygens (including phenoxy) is 1. The smallest absolute Gasteiger partial charge is 0.394 e. The van der Waals surface area contributed by atoms with Gasteiger partial charge in [-0.05, 0) is 25.0 Å². The molecule has 2 aromatic heterocycles. The van der Waals surface area contributed by atoms with Crippen LogP contribution in [-0.4, -0.2) is 52.3 Å². The minimum atomic E-state index is -4.52. The van der Waals surface area contributed by atoms with E-state index >= 15 is 0 Å². The molecule has 0 amide bonds. The second kappa shape index (κ2) is 8.46. The van der Waals surface area contributed by atoms with Crippen LogP contribution < -0.4 is 10.5 Å². The molecule has 1 aliphatic heterocycles. The van der Waals surface area contributed by atoms with Gasteiger partial charge < -0.3 is 14.7 Å². The van der Waals surface area contributed by atoms with E-state index in [1.807, 2.05) is 4.90 Å². The lowest BCUT2D eigenvalue weighted by atomic mass is 10.1. The maximum absolute atomic E-state index is 12.7. The van der Waals surface area contributed by atoms with Crippen LogP contribution in [0.3, 0.4) is 0 Å². The molecule has 1 N–H and O–H groups in total. The Hall–Kier alpha value is -2.17. The average Bonchev–Trinajstić information content (AvgIpc) is 2.68. The summed E-state index contributed by atoms with van der Waals surface area (Å²) >= 11 is 6.23. The third-order valence-electron chi connectivity index (χ3n) is 4.36. The molecule has 3 rings (SSSR count). The highest BCUT2D eigenvalue weighted by Crippen LogP contribution is 2.29. The van der Waals surface area contributed by atoms with Crippen LogP contribution in [-0.2, 0) is 10.9 Å². The summed E-state index contributed by atoms with van der Waals surface area (Å²) in [5, 5.41) is 12.8. The van der Waals surface area contributed by atoms with Crippen molar-refractivity contribution in [2.45, 2.75) is 25.1 Å². The number of aliphatic hydroxyl groups excluding tert-OH is 1. The van der Waals surface area contributed by atoms with E-state index in [4.69, 9.17) is 21.4 Å². The van der Waals surface area contributed by atoms with Crippen LogP contribution >= 0.6 is 11.6 Å². The molecule has 0 bridgehead atoms. The summed E-state index contributed by atoms with van der Waals surface area (Å²) in [5.74, 6) is -0.0609. The fourth-order valence-corrected chi connectivity index (χ4v) is 3.25. The summed E-state index contributed by atoms with van der Waals surface area (Å²) in [5.41, 5.74) is -1.17. The largest absolute Gasteiger partial charge is 0.417 e. The third kappa shape index (κ3) is 4.45. The highest BCUT2D eigenvalue weighted by atomic mass is 35.5. The molecule has 0 spiro atoms. The van der Waals surface area contributed by atoms with Gasteiger partial charge in [-0.2, -0.15) is 23.0 Å². The number of pyridine rings is 1. The minimum Gasteiger partial charge on any atom is -0.394 e. The Morgan fingerprint density at radius 2 is 2.11 bits per heavy atom. The van der Waals surface area contributed by atoms with E-state index in [2.05, 4.69) is 10.1 Å². The lowest BCUT2D eigenvalue weighted by Crippen LogP contribution is -2.41. The number of aliphatic hydroxyl groups is 1. The molecule has 28 heavy (non-hydrogen) atoms. The van der Waals surface area contributed by atoms with E-state index < -0.39 is 17.3 Å². The zero-order valence-corrected chi connectivity index (χ0v) is 15.4. The van der Waals surface area contributed by atoms with Crippen molar-refractivity contribution in [3.05, 3.63) is 45.5 Å². The number of piperidine rings is 1. The third-order valence-corrected chi connectivity index (χ3v) is 4.71. The molecule has 7 nitrogen and oxygen atoms in total. The molecule has 152 valence electrons. The molecule has 1 aliphatic rings. The zero-order valence-electron chi connectivity index (χ0n) is 14.7. The number of hydrogen-bond donors (Lipinski definition) is 1. The molecule has 1 fully saturated rings. The van der Waals surface area contributed by atoms with Crippen LogP contribution in [0.4, 0.5) is 18.9 Å². The normalized spacial score (nSPS) is 17.8. The fourth-order valence-electron chi connectivity index (χ4n) is 3.00. The van der Waals surface area contributed by atoms with Crippen molar-refractivity contribution in [2.75, 3.05) is 31.2 Å². The van der Waals surface area contributed by atoms with Gasteiger partial charge in [0.1, 0.15) is 5.02 Å². The van der Waals surface area contributed by atoms with Crippen LogP contribution in [0, 0.1) is 0 Å². The van der Waals surface area contributed by atoms with Crippen molar-refractivity contribution in [3.8, 4) is 5.82 Å². The number of rotatable bonds is 5. The first-order valence-corrected chi connectivity index (χ1v) is 8.98. The molecule has 1 saturated heterocycles. The van der Waals surface area contributed by atoms with Crippen LogP contribution in [0.25, 0.3) is 5.82 Å². The standard InChI is InChI=1S/C17H18ClF3N4O3/c18-15-13(24-5-1-2-12(10-24)28-7-6-26)9-23-25(16(15)27)14-4-3-11(8-22-14)17(19,20)21/h3-4,8-9,12,26H,1-2,5-7,10H2. The maximum atomic E-state index is 12.7. The Morgan fingerprint density at radius 1 is 1.32 bits per heavy atom. The lowest BCUT2D eigenvalue weighted by Gasteiger charge is -2.34. The number of anilines is 1. The predicted octanol–water partition coefficient (Wildman–Crippen LogP) is 2.28.